The molecule has 0 spiro atoms. The quantitative estimate of drug-likeness (QED) is 0.102. The van der Waals surface area contributed by atoms with Crippen molar-refractivity contribution in [1.82, 2.24) is 22.4 Å². The number of hydrogen-bond acceptors (Lipinski definition) is 6. The summed E-state index contributed by atoms with van der Waals surface area (Å²) in [7, 11) is 3.41. The molecule has 0 bridgehead atoms. The van der Waals surface area contributed by atoms with E-state index in [0.717, 1.165) is 134 Å². The Kier molecular flexibility index (Phi) is 15.4. The van der Waals surface area contributed by atoms with Gasteiger partial charge < -0.3 is 28.1 Å². The number of aromatic nitrogens is 5. The summed E-state index contributed by atoms with van der Waals surface area (Å²) in [6, 6.07) is 132. The molecule has 0 radical (unpaired) electrons. The molecular formula is C98H66N6O2S. The van der Waals surface area contributed by atoms with Gasteiger partial charge in [0.05, 0.1) is 64.7 Å². The van der Waals surface area contributed by atoms with E-state index in [2.05, 4.69) is 358 Å². The number of benzene rings is 16. The molecule has 8 nitrogen and oxygen atoms in total. The molecule has 0 amide bonds. The van der Waals surface area contributed by atoms with Gasteiger partial charge in [0.2, 0.25) is 0 Å². The fraction of sp³-hybridized carbons (Fsp3) is 0.0204. The maximum atomic E-state index is 5.53. The van der Waals surface area contributed by atoms with Gasteiger partial charge >= 0.3 is 0 Å². The Morgan fingerprint density at radius 2 is 0.533 bits per heavy atom. The summed E-state index contributed by atoms with van der Waals surface area (Å²) in [6.45, 7) is 0. The minimum Gasteiger partial charge on any atom is -0.497 e. The third-order valence-corrected chi connectivity index (χ3v) is 21.9. The van der Waals surface area contributed by atoms with E-state index in [1.54, 1.807) is 14.2 Å². The van der Waals surface area contributed by atoms with E-state index in [-0.39, 0.29) is 0 Å². The van der Waals surface area contributed by atoms with Crippen LogP contribution in [0, 0.1) is 0 Å². The molecule has 0 fully saturated rings. The SMILES string of the molecule is COc1ccc(-c2ccc3c(c2)c2cc(-c4ccc(OC)cc4)ccc2n3-c2ccc(-c3ccc(N(c4ccc(-c5ccc6c(c5)c5ccccc5n6-c5ccc(-c6ccccc6)cc5)cc4)c4ccc(-c5ccc6c(c5)c5ccccc5n6-c5ccc(-c6ccccc6)cc5)cc4)c4nsnc34)cc2)cc1. The van der Waals surface area contributed by atoms with Crippen molar-refractivity contribution in [3.8, 4) is 106 Å². The van der Waals surface area contributed by atoms with Crippen LogP contribution in [-0.4, -0.2) is 36.7 Å². The third kappa shape index (κ3) is 11.0. The maximum absolute atomic E-state index is 5.53. The van der Waals surface area contributed by atoms with Crippen molar-refractivity contribution in [1.29, 1.82) is 0 Å². The van der Waals surface area contributed by atoms with Gasteiger partial charge in [0.25, 0.3) is 0 Å². The standard InChI is InChI=1S/C98H66N6O2S/c1-105-81-49-31-69(32-50-81)74-37-56-94-88(61-74)89-62-75(70-33-51-82(106-2)52-34-70)38-57-95(89)104(94)80-47-29-71(30-48-80)83-53-58-96(98-97(83)99-107-100-98)101(76-39-25-67(26-40-76)72-35-54-92-86(59-72)84-17-9-11-19-90(84)102(92)78-43-21-65(22-44-78)63-13-5-3-6-14-63)77-41-27-68(28-42-77)73-36-55-93-87(60-73)85-18-10-12-20-91(85)103(93)79-45-23-66(24-46-79)64-15-7-4-8-16-64/h3-62H,1-2H3. The summed E-state index contributed by atoms with van der Waals surface area (Å²) in [6.07, 6.45) is 0. The van der Waals surface area contributed by atoms with E-state index in [0.29, 0.717) is 0 Å². The molecule has 0 aliphatic heterocycles. The third-order valence-electron chi connectivity index (χ3n) is 21.4. The van der Waals surface area contributed by atoms with Crippen LogP contribution >= 0.6 is 11.7 Å². The van der Waals surface area contributed by atoms with Gasteiger partial charge in [-0.05, 0) is 230 Å². The minimum atomic E-state index is 0.820. The van der Waals surface area contributed by atoms with Crippen LogP contribution in [0.4, 0.5) is 17.1 Å². The number of methoxy groups -OCH3 is 2. The molecule has 20 rings (SSSR count). The van der Waals surface area contributed by atoms with E-state index in [4.69, 9.17) is 18.2 Å². The highest BCUT2D eigenvalue weighted by Crippen LogP contribution is 2.46. The van der Waals surface area contributed by atoms with Crippen molar-refractivity contribution in [3.63, 3.8) is 0 Å². The molecule has 0 saturated heterocycles. The molecule has 0 unspecified atom stereocenters. The predicted molar refractivity (Wildman–Crippen MR) is 446 cm³/mol. The lowest BCUT2D eigenvalue weighted by Crippen LogP contribution is -2.10. The normalized spacial score (nSPS) is 11.6. The highest BCUT2D eigenvalue weighted by Gasteiger charge is 2.24. The van der Waals surface area contributed by atoms with E-state index >= 15 is 0 Å². The Morgan fingerprint density at radius 3 is 0.916 bits per heavy atom. The topological polar surface area (TPSA) is 62.3 Å². The average molecular weight is 1390 g/mol. The van der Waals surface area contributed by atoms with Crippen LogP contribution in [0.1, 0.15) is 0 Å². The van der Waals surface area contributed by atoms with Crippen molar-refractivity contribution in [2.45, 2.75) is 0 Å². The monoisotopic (exact) mass is 1390 g/mol. The molecule has 20 aromatic rings. The number of hydrogen-bond donors (Lipinski definition) is 0. The molecule has 9 heteroatoms. The second-order valence-electron chi connectivity index (χ2n) is 27.3. The van der Waals surface area contributed by atoms with E-state index < -0.39 is 0 Å². The van der Waals surface area contributed by atoms with Gasteiger partial charge in [-0.1, -0.05) is 206 Å². The molecule has 0 N–H and O–H groups in total. The van der Waals surface area contributed by atoms with E-state index in [1.165, 1.54) is 77.3 Å². The Hall–Kier alpha value is -13.9. The maximum Gasteiger partial charge on any atom is 0.129 e. The summed E-state index contributed by atoms with van der Waals surface area (Å²) in [4.78, 5) is 2.34. The lowest BCUT2D eigenvalue weighted by molar-refractivity contribution is 0.415. The van der Waals surface area contributed by atoms with Gasteiger partial charge in [-0.15, -0.1) is 0 Å². The van der Waals surface area contributed by atoms with Crippen molar-refractivity contribution in [2.75, 3.05) is 19.1 Å². The fourth-order valence-corrected chi connectivity index (χ4v) is 16.6. The number of nitrogens with zero attached hydrogens (tertiary/aromatic N) is 6. The first-order valence-corrected chi connectivity index (χ1v) is 36.8. The lowest BCUT2D eigenvalue weighted by atomic mass is 10.00. The number of rotatable bonds is 15. The molecule has 4 aromatic heterocycles. The highest BCUT2D eigenvalue weighted by atomic mass is 32.1. The summed E-state index contributed by atoms with van der Waals surface area (Å²) in [5, 5.41) is 7.16. The zero-order chi connectivity index (χ0) is 71.1. The van der Waals surface area contributed by atoms with Crippen LogP contribution in [0.3, 0.4) is 0 Å². The average Bonchev–Trinajstić information content (AvgIpc) is 1.57. The van der Waals surface area contributed by atoms with Crippen LogP contribution < -0.4 is 14.4 Å². The molecular weight excluding hydrogens is 1330 g/mol. The Bertz CT molecular complexity index is 6410. The van der Waals surface area contributed by atoms with E-state index in [1.807, 2.05) is 24.3 Å². The molecule has 0 aliphatic carbocycles. The van der Waals surface area contributed by atoms with Crippen LogP contribution in [0.15, 0.2) is 364 Å². The first-order valence-electron chi connectivity index (χ1n) is 36.1. The molecule has 0 atom stereocenters. The largest absolute Gasteiger partial charge is 0.497 e. The minimum absolute atomic E-state index is 0.820. The van der Waals surface area contributed by atoms with Gasteiger partial charge in [-0.25, -0.2) is 0 Å². The smallest absolute Gasteiger partial charge is 0.129 e. The summed E-state index contributed by atoms with van der Waals surface area (Å²) < 4.78 is 28.5. The molecule has 506 valence electrons. The summed E-state index contributed by atoms with van der Waals surface area (Å²) in [5.41, 5.74) is 30.7. The van der Waals surface area contributed by atoms with Gasteiger partial charge in [0.1, 0.15) is 22.5 Å². The summed E-state index contributed by atoms with van der Waals surface area (Å²) in [5.74, 6) is 1.66. The zero-order valence-corrected chi connectivity index (χ0v) is 59.4. The Morgan fingerprint density at radius 1 is 0.243 bits per heavy atom. The van der Waals surface area contributed by atoms with Crippen molar-refractivity contribution >= 4 is 105 Å². The highest BCUT2D eigenvalue weighted by molar-refractivity contribution is 7.00. The van der Waals surface area contributed by atoms with Gasteiger partial charge in [-0.3, -0.25) is 0 Å². The Balaban J connectivity index is 0.669. The van der Waals surface area contributed by atoms with Crippen LogP contribution in [-0.2, 0) is 0 Å². The van der Waals surface area contributed by atoms with Crippen LogP contribution in [0.2, 0.25) is 0 Å². The zero-order valence-electron chi connectivity index (χ0n) is 58.5. The molecule has 107 heavy (non-hydrogen) atoms. The van der Waals surface area contributed by atoms with Gasteiger partial charge in [0, 0.05) is 66.3 Å². The van der Waals surface area contributed by atoms with Crippen molar-refractivity contribution < 1.29 is 9.47 Å². The van der Waals surface area contributed by atoms with Crippen molar-refractivity contribution in [3.05, 3.63) is 364 Å². The number of para-hydroxylation sites is 2. The fourth-order valence-electron chi connectivity index (χ4n) is 16.0. The lowest BCUT2D eigenvalue weighted by Gasteiger charge is -2.26. The van der Waals surface area contributed by atoms with Crippen LogP contribution in [0.25, 0.3) is 171 Å². The molecule has 0 aliphatic rings. The number of ether oxygens (including phenoxy) is 2. The second kappa shape index (κ2) is 26.1. The van der Waals surface area contributed by atoms with Crippen molar-refractivity contribution in [2.24, 2.45) is 0 Å². The molecule has 16 aromatic carbocycles. The van der Waals surface area contributed by atoms with Gasteiger partial charge in [-0.2, -0.15) is 8.75 Å². The number of anilines is 3. The second-order valence-corrected chi connectivity index (χ2v) is 27.8. The molecule has 0 saturated carbocycles. The van der Waals surface area contributed by atoms with Gasteiger partial charge in [0.15, 0.2) is 0 Å². The Labute approximate surface area is 622 Å². The van der Waals surface area contributed by atoms with Crippen LogP contribution in [0.5, 0.6) is 11.5 Å². The molecule has 4 heterocycles. The first-order chi connectivity index (χ1) is 52.9. The van der Waals surface area contributed by atoms with E-state index in [9.17, 15) is 0 Å². The first kappa shape index (κ1) is 62.9. The number of fused-ring (bicyclic) bond motifs is 10. The summed E-state index contributed by atoms with van der Waals surface area (Å²) >= 11 is 1.25. The predicted octanol–water partition coefficient (Wildman–Crippen LogP) is 26.1.